The molecule has 1 atom stereocenters. The molecule has 4 nitrogen and oxygen atoms in total. The SMILES string of the molecule is CCC(CNC(=O)c1cc(Br)ccc1I)C(=O)O. The fraction of sp³-hybridized carbons (Fsp3) is 0.333. The van der Waals surface area contributed by atoms with Gasteiger partial charge < -0.3 is 10.4 Å². The molecule has 0 aliphatic rings. The number of carbonyl (C=O) groups excluding carboxylic acids is 1. The summed E-state index contributed by atoms with van der Waals surface area (Å²) in [5.74, 6) is -1.68. The van der Waals surface area contributed by atoms with Gasteiger partial charge in [0.25, 0.3) is 5.91 Å². The summed E-state index contributed by atoms with van der Waals surface area (Å²) in [6, 6.07) is 5.40. The molecule has 2 N–H and O–H groups in total. The Morgan fingerprint density at radius 1 is 1.50 bits per heavy atom. The summed E-state index contributed by atoms with van der Waals surface area (Å²) < 4.78 is 1.65. The second-order valence-corrected chi connectivity index (χ2v) is 5.86. The van der Waals surface area contributed by atoms with Gasteiger partial charge in [-0.1, -0.05) is 22.9 Å². The summed E-state index contributed by atoms with van der Waals surface area (Å²) in [6.45, 7) is 1.93. The van der Waals surface area contributed by atoms with Crippen molar-refractivity contribution in [1.82, 2.24) is 5.32 Å². The van der Waals surface area contributed by atoms with E-state index in [1.165, 1.54) is 0 Å². The van der Waals surface area contributed by atoms with Crippen molar-refractivity contribution >= 4 is 50.4 Å². The van der Waals surface area contributed by atoms with Crippen LogP contribution >= 0.6 is 38.5 Å². The first-order valence-electron chi connectivity index (χ1n) is 5.41. The maximum Gasteiger partial charge on any atom is 0.308 e. The average molecular weight is 426 g/mol. The zero-order chi connectivity index (χ0) is 13.7. The monoisotopic (exact) mass is 425 g/mol. The Bertz CT molecular complexity index is 465. The van der Waals surface area contributed by atoms with Crippen LogP contribution < -0.4 is 5.32 Å². The van der Waals surface area contributed by atoms with Gasteiger partial charge >= 0.3 is 5.97 Å². The number of benzene rings is 1. The smallest absolute Gasteiger partial charge is 0.308 e. The molecular formula is C12H13BrINO3. The van der Waals surface area contributed by atoms with E-state index in [-0.39, 0.29) is 12.5 Å². The van der Waals surface area contributed by atoms with E-state index >= 15 is 0 Å². The molecule has 0 saturated heterocycles. The minimum atomic E-state index is -0.887. The van der Waals surface area contributed by atoms with E-state index in [4.69, 9.17) is 5.11 Å². The van der Waals surface area contributed by atoms with Crippen LogP contribution in [-0.4, -0.2) is 23.5 Å². The van der Waals surface area contributed by atoms with Gasteiger partial charge in [0, 0.05) is 14.6 Å². The van der Waals surface area contributed by atoms with Crippen molar-refractivity contribution in [3.63, 3.8) is 0 Å². The normalized spacial score (nSPS) is 11.9. The topological polar surface area (TPSA) is 66.4 Å². The highest BCUT2D eigenvalue weighted by Crippen LogP contribution is 2.18. The number of hydrogen-bond acceptors (Lipinski definition) is 2. The molecule has 1 amide bonds. The van der Waals surface area contributed by atoms with Gasteiger partial charge in [0.15, 0.2) is 0 Å². The lowest BCUT2D eigenvalue weighted by molar-refractivity contribution is -0.141. The van der Waals surface area contributed by atoms with Crippen molar-refractivity contribution < 1.29 is 14.7 Å². The van der Waals surface area contributed by atoms with Gasteiger partial charge in [0.05, 0.1) is 11.5 Å². The molecule has 1 aromatic carbocycles. The Labute approximate surface area is 127 Å². The Morgan fingerprint density at radius 3 is 2.72 bits per heavy atom. The summed E-state index contributed by atoms with van der Waals surface area (Å²) in [4.78, 5) is 22.8. The molecule has 0 aliphatic heterocycles. The van der Waals surface area contributed by atoms with E-state index in [2.05, 4.69) is 43.8 Å². The highest BCUT2D eigenvalue weighted by molar-refractivity contribution is 14.1. The third-order valence-electron chi connectivity index (χ3n) is 2.52. The molecule has 0 aromatic heterocycles. The lowest BCUT2D eigenvalue weighted by atomic mass is 10.1. The van der Waals surface area contributed by atoms with Crippen LogP contribution in [0.1, 0.15) is 23.7 Å². The van der Waals surface area contributed by atoms with Crippen LogP contribution in [0.3, 0.4) is 0 Å². The second-order valence-electron chi connectivity index (χ2n) is 3.78. The predicted octanol–water partition coefficient (Wildman–Crippen LogP) is 2.89. The molecule has 0 saturated carbocycles. The van der Waals surface area contributed by atoms with E-state index in [1.54, 1.807) is 13.0 Å². The highest BCUT2D eigenvalue weighted by Gasteiger charge is 2.17. The summed E-state index contributed by atoms with van der Waals surface area (Å²) in [5, 5.41) is 11.5. The Balaban J connectivity index is 2.71. The fourth-order valence-electron chi connectivity index (χ4n) is 1.39. The predicted molar refractivity (Wildman–Crippen MR) is 80.6 cm³/mol. The van der Waals surface area contributed by atoms with Gasteiger partial charge in [-0.15, -0.1) is 0 Å². The number of rotatable bonds is 5. The largest absolute Gasteiger partial charge is 0.481 e. The Kier molecular flexibility index (Phi) is 6.07. The van der Waals surface area contributed by atoms with Crippen molar-refractivity contribution in [2.24, 2.45) is 5.92 Å². The molecule has 98 valence electrons. The van der Waals surface area contributed by atoms with Gasteiger partial charge in [-0.05, 0) is 47.2 Å². The lowest BCUT2D eigenvalue weighted by Crippen LogP contribution is -2.33. The van der Waals surface area contributed by atoms with Crippen LogP contribution in [0.15, 0.2) is 22.7 Å². The first-order chi connectivity index (χ1) is 8.45. The maximum atomic E-state index is 11.9. The molecule has 0 heterocycles. The molecule has 18 heavy (non-hydrogen) atoms. The second kappa shape index (κ2) is 7.08. The van der Waals surface area contributed by atoms with Gasteiger partial charge in [0.2, 0.25) is 0 Å². The maximum absolute atomic E-state index is 11.9. The van der Waals surface area contributed by atoms with Crippen molar-refractivity contribution in [3.05, 3.63) is 31.8 Å². The molecule has 1 rings (SSSR count). The molecular weight excluding hydrogens is 413 g/mol. The van der Waals surface area contributed by atoms with E-state index in [9.17, 15) is 9.59 Å². The number of hydrogen-bond donors (Lipinski definition) is 2. The van der Waals surface area contributed by atoms with E-state index < -0.39 is 11.9 Å². The van der Waals surface area contributed by atoms with Crippen molar-refractivity contribution in [2.45, 2.75) is 13.3 Å². The standard InChI is InChI=1S/C12H13BrINO3/c1-2-7(12(17)18)6-15-11(16)9-5-8(13)3-4-10(9)14/h3-5,7H,2,6H2,1H3,(H,15,16)(H,17,18). The van der Waals surface area contributed by atoms with Crippen molar-refractivity contribution in [1.29, 1.82) is 0 Å². The van der Waals surface area contributed by atoms with Gasteiger partial charge in [-0.25, -0.2) is 0 Å². The molecule has 1 unspecified atom stereocenters. The summed E-state index contributed by atoms with van der Waals surface area (Å²) in [5.41, 5.74) is 0.546. The van der Waals surface area contributed by atoms with Crippen molar-refractivity contribution in [3.8, 4) is 0 Å². The van der Waals surface area contributed by atoms with Crippen LogP contribution in [0.5, 0.6) is 0 Å². The zero-order valence-electron chi connectivity index (χ0n) is 9.74. The highest BCUT2D eigenvalue weighted by atomic mass is 127. The number of carboxylic acids is 1. The van der Waals surface area contributed by atoms with E-state index in [1.807, 2.05) is 12.1 Å². The Hall–Kier alpha value is -0.630. The first-order valence-corrected chi connectivity index (χ1v) is 7.29. The van der Waals surface area contributed by atoms with Crippen LogP contribution in [0.2, 0.25) is 0 Å². The number of carbonyl (C=O) groups is 2. The van der Waals surface area contributed by atoms with Crippen LogP contribution in [0.4, 0.5) is 0 Å². The molecule has 1 aromatic rings. The summed E-state index contributed by atoms with van der Waals surface area (Å²) >= 11 is 5.38. The van der Waals surface area contributed by atoms with Crippen LogP contribution in [0, 0.1) is 9.49 Å². The van der Waals surface area contributed by atoms with Gasteiger partial charge in [-0.2, -0.15) is 0 Å². The first kappa shape index (κ1) is 15.4. The van der Waals surface area contributed by atoms with Crippen molar-refractivity contribution in [2.75, 3.05) is 6.54 Å². The van der Waals surface area contributed by atoms with Crippen LogP contribution in [0.25, 0.3) is 0 Å². The molecule has 0 radical (unpaired) electrons. The van der Waals surface area contributed by atoms with E-state index in [0.29, 0.717) is 12.0 Å². The quantitative estimate of drug-likeness (QED) is 0.713. The number of aliphatic carboxylic acids is 1. The molecule has 0 aliphatic carbocycles. The Morgan fingerprint density at radius 2 is 2.17 bits per heavy atom. The minimum Gasteiger partial charge on any atom is -0.481 e. The third kappa shape index (κ3) is 4.24. The van der Waals surface area contributed by atoms with Gasteiger partial charge in [-0.3, -0.25) is 9.59 Å². The zero-order valence-corrected chi connectivity index (χ0v) is 13.5. The van der Waals surface area contributed by atoms with Crippen LogP contribution in [-0.2, 0) is 4.79 Å². The van der Waals surface area contributed by atoms with Gasteiger partial charge in [0.1, 0.15) is 0 Å². The number of carboxylic acid groups (broad SMARTS) is 1. The number of halogens is 2. The lowest BCUT2D eigenvalue weighted by Gasteiger charge is -2.12. The molecule has 6 heteroatoms. The molecule has 0 spiro atoms. The molecule has 0 fully saturated rings. The minimum absolute atomic E-state index is 0.146. The summed E-state index contributed by atoms with van der Waals surface area (Å²) in [6.07, 6.45) is 0.491. The molecule has 0 bridgehead atoms. The average Bonchev–Trinajstić information content (AvgIpc) is 2.32. The van der Waals surface area contributed by atoms with E-state index in [0.717, 1.165) is 8.04 Å². The number of amides is 1. The fourth-order valence-corrected chi connectivity index (χ4v) is 2.33. The number of nitrogens with one attached hydrogen (secondary N) is 1. The third-order valence-corrected chi connectivity index (χ3v) is 3.96. The summed E-state index contributed by atoms with van der Waals surface area (Å²) in [7, 11) is 0.